The highest BCUT2D eigenvalue weighted by molar-refractivity contribution is 5.85. The van der Waals surface area contributed by atoms with Gasteiger partial charge in [-0.3, -0.25) is 4.98 Å². The molecule has 3 nitrogen and oxygen atoms in total. The molecule has 0 aliphatic carbocycles. The minimum atomic E-state index is 0.375. The molecule has 2 aromatic heterocycles. The van der Waals surface area contributed by atoms with Crippen molar-refractivity contribution in [2.45, 2.75) is 32.2 Å². The number of hydrogen-bond acceptors (Lipinski definition) is 1. The first-order valence-electron chi connectivity index (χ1n) is 8.66. The summed E-state index contributed by atoms with van der Waals surface area (Å²) in [7, 11) is 0. The van der Waals surface area contributed by atoms with Gasteiger partial charge in [0.2, 0.25) is 0 Å². The molecule has 0 amide bonds. The quantitative estimate of drug-likeness (QED) is 0.766. The average Bonchev–Trinajstić information content (AvgIpc) is 2.94. The fourth-order valence-electron chi connectivity index (χ4n) is 4.12. The topological polar surface area (TPSA) is 33.1 Å². The van der Waals surface area contributed by atoms with Crippen LogP contribution in [0.15, 0.2) is 48.8 Å². The molecule has 4 rings (SSSR count). The van der Waals surface area contributed by atoms with E-state index < -0.39 is 0 Å². The Hall–Kier alpha value is -2.13. The summed E-state index contributed by atoms with van der Waals surface area (Å²) in [5, 5.41) is 1.36. The number of rotatable bonds is 3. The molecule has 3 heterocycles. The van der Waals surface area contributed by atoms with Crippen molar-refractivity contribution in [2.75, 3.05) is 13.1 Å². The zero-order chi connectivity index (χ0) is 15.6. The van der Waals surface area contributed by atoms with Gasteiger partial charge >= 0.3 is 0 Å². The molecular formula is C20H24N3+. The molecule has 1 unspecified atom stereocenters. The Morgan fingerprint density at radius 1 is 1.04 bits per heavy atom. The molecule has 0 radical (unpaired) electrons. The number of aromatic nitrogens is 2. The van der Waals surface area contributed by atoms with Gasteiger partial charge in [-0.15, -0.1) is 0 Å². The Morgan fingerprint density at radius 2 is 1.87 bits per heavy atom. The van der Waals surface area contributed by atoms with Gasteiger partial charge in [-0.25, -0.2) is 0 Å². The largest absolute Gasteiger partial charge is 0.358 e. The molecule has 1 aromatic carbocycles. The third kappa shape index (κ3) is 2.66. The van der Waals surface area contributed by atoms with Gasteiger partial charge in [0.25, 0.3) is 0 Å². The number of quaternary nitrogens is 1. The van der Waals surface area contributed by atoms with Crippen LogP contribution in [-0.4, -0.2) is 23.1 Å². The number of fused-ring (bicyclic) bond motifs is 1. The van der Waals surface area contributed by atoms with Gasteiger partial charge in [-0.2, -0.15) is 0 Å². The summed E-state index contributed by atoms with van der Waals surface area (Å²) < 4.78 is 0. The van der Waals surface area contributed by atoms with Crippen LogP contribution in [0.5, 0.6) is 0 Å². The average molecular weight is 306 g/mol. The van der Waals surface area contributed by atoms with Crippen LogP contribution in [0.2, 0.25) is 0 Å². The van der Waals surface area contributed by atoms with Gasteiger partial charge in [-0.1, -0.05) is 18.2 Å². The highest BCUT2D eigenvalue weighted by Gasteiger charge is 2.31. The number of hydrogen-bond donors (Lipinski definition) is 2. The Balaban J connectivity index is 1.88. The number of H-pyrrole nitrogens is 1. The van der Waals surface area contributed by atoms with Crippen LogP contribution in [0.1, 0.15) is 42.1 Å². The highest BCUT2D eigenvalue weighted by atomic mass is 15.2. The first-order chi connectivity index (χ1) is 11.3. The van der Waals surface area contributed by atoms with E-state index in [4.69, 9.17) is 0 Å². The zero-order valence-electron chi connectivity index (χ0n) is 13.7. The van der Waals surface area contributed by atoms with Crippen molar-refractivity contribution in [2.24, 2.45) is 0 Å². The summed E-state index contributed by atoms with van der Waals surface area (Å²) in [6.45, 7) is 4.71. The van der Waals surface area contributed by atoms with Gasteiger partial charge in [-0.05, 0) is 44.4 Å². The lowest BCUT2D eigenvalue weighted by Gasteiger charge is -2.32. The molecule has 1 fully saturated rings. The number of aryl methyl sites for hydroxylation is 1. The number of likely N-dealkylation sites (tertiary alicyclic amines) is 1. The number of benzene rings is 1. The van der Waals surface area contributed by atoms with Crippen molar-refractivity contribution in [3.05, 3.63) is 65.6 Å². The zero-order valence-corrected chi connectivity index (χ0v) is 13.7. The Bertz CT molecular complexity index is 785. The Morgan fingerprint density at radius 3 is 2.65 bits per heavy atom. The van der Waals surface area contributed by atoms with Crippen molar-refractivity contribution in [3.8, 4) is 0 Å². The lowest BCUT2D eigenvalue weighted by atomic mass is 9.94. The SMILES string of the molecule is Cc1[nH]c2ccccc2c1C(c1cccnc1)[NH+]1CCCCC1. The second-order valence-corrected chi connectivity index (χ2v) is 6.65. The van der Waals surface area contributed by atoms with Gasteiger partial charge in [0.1, 0.15) is 6.04 Å². The molecule has 1 saturated heterocycles. The molecule has 1 atom stereocenters. The van der Waals surface area contributed by atoms with Crippen LogP contribution < -0.4 is 4.90 Å². The predicted octanol–water partition coefficient (Wildman–Crippen LogP) is 3.03. The molecule has 3 heteroatoms. The minimum absolute atomic E-state index is 0.375. The van der Waals surface area contributed by atoms with E-state index >= 15 is 0 Å². The number of nitrogens with zero attached hydrogens (tertiary/aromatic N) is 1. The predicted molar refractivity (Wildman–Crippen MR) is 93.7 cm³/mol. The van der Waals surface area contributed by atoms with Crippen molar-refractivity contribution in [1.82, 2.24) is 9.97 Å². The fourth-order valence-corrected chi connectivity index (χ4v) is 4.12. The van der Waals surface area contributed by atoms with E-state index in [9.17, 15) is 0 Å². The van der Waals surface area contributed by atoms with E-state index in [1.54, 1.807) is 4.90 Å². The molecule has 1 aliphatic rings. The smallest absolute Gasteiger partial charge is 0.143 e. The van der Waals surface area contributed by atoms with E-state index in [1.807, 2.05) is 12.4 Å². The number of nitrogens with one attached hydrogen (secondary N) is 2. The van der Waals surface area contributed by atoms with E-state index in [-0.39, 0.29) is 0 Å². The number of aromatic amines is 1. The van der Waals surface area contributed by atoms with Crippen LogP contribution in [-0.2, 0) is 0 Å². The highest BCUT2D eigenvalue weighted by Crippen LogP contribution is 2.30. The number of para-hydroxylation sites is 1. The second kappa shape index (κ2) is 6.17. The summed E-state index contributed by atoms with van der Waals surface area (Å²) in [6, 6.07) is 13.4. The lowest BCUT2D eigenvalue weighted by Crippen LogP contribution is -3.13. The summed E-state index contributed by atoms with van der Waals surface area (Å²) in [5.41, 5.74) is 5.31. The van der Waals surface area contributed by atoms with Crippen molar-refractivity contribution in [1.29, 1.82) is 0 Å². The van der Waals surface area contributed by atoms with Gasteiger partial charge < -0.3 is 9.88 Å². The molecule has 2 N–H and O–H groups in total. The molecule has 23 heavy (non-hydrogen) atoms. The maximum Gasteiger partial charge on any atom is 0.143 e. The Labute approximate surface area is 137 Å². The third-order valence-corrected chi connectivity index (χ3v) is 5.15. The fraction of sp³-hybridized carbons (Fsp3) is 0.350. The summed E-state index contributed by atoms with van der Waals surface area (Å²) in [5.74, 6) is 0. The van der Waals surface area contributed by atoms with E-state index in [2.05, 4.69) is 53.3 Å². The normalized spacial score (nSPS) is 17.4. The molecule has 0 saturated carbocycles. The first-order valence-corrected chi connectivity index (χ1v) is 8.66. The molecular weight excluding hydrogens is 282 g/mol. The Kier molecular flexibility index (Phi) is 3.88. The summed E-state index contributed by atoms with van der Waals surface area (Å²) in [6.07, 6.45) is 7.94. The van der Waals surface area contributed by atoms with E-state index in [1.165, 1.54) is 60.1 Å². The standard InChI is InChI=1S/C20H23N3/c1-15-19(17-9-3-4-10-18(17)22-15)20(16-8-7-11-21-14-16)23-12-5-2-6-13-23/h3-4,7-11,14,20,22H,2,5-6,12-13H2,1H3/p+1. The monoisotopic (exact) mass is 306 g/mol. The molecule has 0 bridgehead atoms. The van der Waals surface area contributed by atoms with Crippen LogP contribution in [0.25, 0.3) is 10.9 Å². The van der Waals surface area contributed by atoms with Crippen molar-refractivity contribution < 1.29 is 4.90 Å². The van der Waals surface area contributed by atoms with Crippen LogP contribution in [0.4, 0.5) is 0 Å². The van der Waals surface area contributed by atoms with Crippen molar-refractivity contribution >= 4 is 10.9 Å². The summed E-state index contributed by atoms with van der Waals surface area (Å²) >= 11 is 0. The molecule has 118 valence electrons. The lowest BCUT2D eigenvalue weighted by molar-refractivity contribution is -0.930. The van der Waals surface area contributed by atoms with E-state index in [0.717, 1.165) is 0 Å². The summed E-state index contributed by atoms with van der Waals surface area (Å²) in [4.78, 5) is 9.66. The minimum Gasteiger partial charge on any atom is -0.358 e. The third-order valence-electron chi connectivity index (χ3n) is 5.15. The van der Waals surface area contributed by atoms with Gasteiger partial charge in [0.05, 0.1) is 13.1 Å². The van der Waals surface area contributed by atoms with Crippen LogP contribution >= 0.6 is 0 Å². The van der Waals surface area contributed by atoms with Crippen molar-refractivity contribution in [3.63, 3.8) is 0 Å². The second-order valence-electron chi connectivity index (χ2n) is 6.65. The van der Waals surface area contributed by atoms with Crippen LogP contribution in [0, 0.1) is 6.92 Å². The van der Waals surface area contributed by atoms with Gasteiger partial charge in [0, 0.05) is 40.1 Å². The number of piperidine rings is 1. The maximum atomic E-state index is 4.40. The first kappa shape index (κ1) is 14.5. The van der Waals surface area contributed by atoms with E-state index in [0.29, 0.717) is 6.04 Å². The molecule has 0 spiro atoms. The van der Waals surface area contributed by atoms with Crippen LogP contribution in [0.3, 0.4) is 0 Å². The maximum absolute atomic E-state index is 4.40. The van der Waals surface area contributed by atoms with Gasteiger partial charge in [0.15, 0.2) is 0 Å². The molecule has 1 aliphatic heterocycles. The molecule has 3 aromatic rings. The number of pyridine rings is 1.